The van der Waals surface area contributed by atoms with Crippen LogP contribution in [0.5, 0.6) is 0 Å². The zero-order chi connectivity index (χ0) is 10.6. The summed E-state index contributed by atoms with van der Waals surface area (Å²) in [5, 5.41) is 26.0. The zero-order valence-corrected chi connectivity index (χ0v) is 7.14. The van der Waals surface area contributed by atoms with E-state index >= 15 is 0 Å². The summed E-state index contributed by atoms with van der Waals surface area (Å²) < 4.78 is 0. The van der Waals surface area contributed by atoms with Crippen molar-refractivity contribution in [3.8, 4) is 6.07 Å². The average Bonchev–Trinajstić information content (AvgIpc) is 2.18. The molecule has 0 aromatic heterocycles. The number of benzene rings is 1. The van der Waals surface area contributed by atoms with Crippen LogP contribution in [-0.4, -0.2) is 16.2 Å². The number of carboxylic acid groups (broad SMARTS) is 1. The molecule has 0 aliphatic heterocycles. The second-order valence-electron chi connectivity index (χ2n) is 2.53. The molecule has 0 amide bonds. The molecule has 0 heterocycles. The Balaban J connectivity index is 3.15. The number of hydrogen-bond acceptors (Lipinski definition) is 3. The van der Waals surface area contributed by atoms with Crippen molar-refractivity contribution < 1.29 is 15.0 Å². The molecule has 0 unspecified atom stereocenters. The summed E-state index contributed by atoms with van der Waals surface area (Å²) in [4.78, 5) is 10.3. The van der Waals surface area contributed by atoms with Crippen LogP contribution in [0.3, 0.4) is 0 Å². The number of aliphatic hydroxyl groups excluding tert-OH is 1. The van der Waals surface area contributed by atoms with Gasteiger partial charge in [-0.3, -0.25) is 0 Å². The number of nitriles is 1. The number of carbonyl (C=O) groups is 1. The van der Waals surface area contributed by atoms with E-state index in [9.17, 15) is 4.79 Å². The topological polar surface area (TPSA) is 81.3 Å². The molecule has 0 saturated heterocycles. The summed E-state index contributed by atoms with van der Waals surface area (Å²) >= 11 is 0. The van der Waals surface area contributed by atoms with Crippen molar-refractivity contribution in [3.05, 3.63) is 41.2 Å². The van der Waals surface area contributed by atoms with Gasteiger partial charge in [0.15, 0.2) is 0 Å². The molecule has 1 aromatic carbocycles. The SMILES string of the molecule is N#Cc1ccccc1C=C(O)C(=O)O. The number of rotatable bonds is 2. The monoisotopic (exact) mass is 189 g/mol. The fourth-order valence-corrected chi connectivity index (χ4v) is 0.934. The minimum absolute atomic E-state index is 0.320. The Hall–Kier alpha value is -2.28. The van der Waals surface area contributed by atoms with E-state index in [4.69, 9.17) is 15.5 Å². The maximum atomic E-state index is 10.3. The van der Waals surface area contributed by atoms with Crippen LogP contribution in [0, 0.1) is 11.3 Å². The number of carboxylic acids is 1. The lowest BCUT2D eigenvalue weighted by Gasteiger charge is -1.96. The predicted molar refractivity (Wildman–Crippen MR) is 49.4 cm³/mol. The van der Waals surface area contributed by atoms with E-state index in [1.165, 1.54) is 0 Å². The normalized spacial score (nSPS) is 10.6. The molecule has 70 valence electrons. The average molecular weight is 189 g/mol. The Bertz CT molecular complexity index is 429. The second kappa shape index (κ2) is 4.10. The van der Waals surface area contributed by atoms with Gasteiger partial charge < -0.3 is 10.2 Å². The molecule has 1 aromatic rings. The third-order valence-corrected chi connectivity index (χ3v) is 1.59. The first-order valence-corrected chi connectivity index (χ1v) is 3.78. The number of aliphatic carboxylic acids is 1. The van der Waals surface area contributed by atoms with Crippen LogP contribution < -0.4 is 0 Å². The zero-order valence-electron chi connectivity index (χ0n) is 7.14. The van der Waals surface area contributed by atoms with Crippen molar-refractivity contribution >= 4 is 12.0 Å². The fourth-order valence-electron chi connectivity index (χ4n) is 0.934. The molecule has 4 nitrogen and oxygen atoms in total. The van der Waals surface area contributed by atoms with E-state index in [2.05, 4.69) is 0 Å². The highest BCUT2D eigenvalue weighted by molar-refractivity contribution is 5.89. The molecule has 0 aliphatic carbocycles. The molecule has 0 radical (unpaired) electrons. The Morgan fingerprint density at radius 3 is 2.57 bits per heavy atom. The van der Waals surface area contributed by atoms with Crippen LogP contribution in [0.2, 0.25) is 0 Å². The van der Waals surface area contributed by atoms with Gasteiger partial charge in [0.05, 0.1) is 11.6 Å². The van der Waals surface area contributed by atoms with Crippen LogP contribution in [0.1, 0.15) is 11.1 Å². The molecular formula is C10H7NO3. The van der Waals surface area contributed by atoms with Gasteiger partial charge >= 0.3 is 5.97 Å². The predicted octanol–water partition coefficient (Wildman–Crippen LogP) is 1.54. The van der Waals surface area contributed by atoms with Crippen LogP contribution >= 0.6 is 0 Å². The van der Waals surface area contributed by atoms with Gasteiger partial charge in [0.2, 0.25) is 5.76 Å². The van der Waals surface area contributed by atoms with Gasteiger partial charge in [-0.05, 0) is 17.7 Å². The molecule has 0 fully saturated rings. The number of nitrogens with zero attached hydrogens (tertiary/aromatic N) is 1. The van der Waals surface area contributed by atoms with Crippen molar-refractivity contribution in [3.63, 3.8) is 0 Å². The summed E-state index contributed by atoms with van der Waals surface area (Å²) in [6.45, 7) is 0. The van der Waals surface area contributed by atoms with Crippen LogP contribution in [-0.2, 0) is 4.79 Å². The van der Waals surface area contributed by atoms with Gasteiger partial charge in [-0.2, -0.15) is 5.26 Å². The minimum Gasteiger partial charge on any atom is -0.502 e. The highest BCUT2D eigenvalue weighted by Crippen LogP contribution is 2.11. The summed E-state index contributed by atoms with van der Waals surface area (Å²) in [5.41, 5.74) is 0.704. The highest BCUT2D eigenvalue weighted by atomic mass is 16.4. The summed E-state index contributed by atoms with van der Waals surface area (Å²) in [7, 11) is 0. The molecule has 4 heteroatoms. The van der Waals surface area contributed by atoms with Crippen molar-refractivity contribution in [1.29, 1.82) is 5.26 Å². The summed E-state index contributed by atoms with van der Waals surface area (Å²) in [5.74, 6) is -2.20. The third-order valence-electron chi connectivity index (χ3n) is 1.59. The largest absolute Gasteiger partial charge is 0.502 e. The Morgan fingerprint density at radius 2 is 2.00 bits per heavy atom. The minimum atomic E-state index is -1.42. The maximum absolute atomic E-state index is 10.3. The molecule has 0 saturated carbocycles. The van der Waals surface area contributed by atoms with Gasteiger partial charge in [0, 0.05) is 0 Å². The molecule has 0 atom stereocenters. The second-order valence-corrected chi connectivity index (χ2v) is 2.53. The van der Waals surface area contributed by atoms with Crippen LogP contribution in [0.25, 0.3) is 6.08 Å². The van der Waals surface area contributed by atoms with Gasteiger partial charge in [-0.15, -0.1) is 0 Å². The first-order valence-electron chi connectivity index (χ1n) is 3.78. The lowest BCUT2D eigenvalue weighted by atomic mass is 10.1. The molecule has 2 N–H and O–H groups in total. The van der Waals surface area contributed by atoms with Crippen molar-refractivity contribution in [2.24, 2.45) is 0 Å². The smallest absolute Gasteiger partial charge is 0.370 e. The fraction of sp³-hybridized carbons (Fsp3) is 0. The Morgan fingerprint density at radius 1 is 1.36 bits per heavy atom. The standard InChI is InChI=1S/C10H7NO3/c11-6-8-4-2-1-3-7(8)5-9(12)10(13)14/h1-5,12H,(H,13,14). The highest BCUT2D eigenvalue weighted by Gasteiger charge is 2.05. The van der Waals surface area contributed by atoms with Crippen LogP contribution in [0.15, 0.2) is 30.0 Å². The first kappa shape index (κ1) is 9.81. The number of hydrogen-bond donors (Lipinski definition) is 2. The van der Waals surface area contributed by atoms with Crippen LogP contribution in [0.4, 0.5) is 0 Å². The third kappa shape index (κ3) is 2.11. The lowest BCUT2D eigenvalue weighted by Crippen LogP contribution is -1.98. The van der Waals surface area contributed by atoms with Crippen molar-refractivity contribution in [2.45, 2.75) is 0 Å². The Labute approximate surface area is 80.3 Å². The van der Waals surface area contributed by atoms with E-state index < -0.39 is 11.7 Å². The van der Waals surface area contributed by atoms with E-state index in [1.807, 2.05) is 6.07 Å². The van der Waals surface area contributed by atoms with Crippen molar-refractivity contribution in [2.75, 3.05) is 0 Å². The number of aliphatic hydroxyl groups is 1. The first-order chi connectivity index (χ1) is 6.65. The molecular weight excluding hydrogens is 182 g/mol. The van der Waals surface area contributed by atoms with E-state index in [-0.39, 0.29) is 0 Å². The molecule has 1 rings (SSSR count). The van der Waals surface area contributed by atoms with E-state index in [0.29, 0.717) is 11.1 Å². The quantitative estimate of drug-likeness (QED) is 0.546. The van der Waals surface area contributed by atoms with Crippen molar-refractivity contribution in [1.82, 2.24) is 0 Å². The molecule has 0 spiro atoms. The summed E-state index contributed by atoms with van der Waals surface area (Å²) in [6, 6.07) is 8.30. The maximum Gasteiger partial charge on any atom is 0.370 e. The molecule has 0 aliphatic rings. The Kier molecular flexibility index (Phi) is 2.87. The van der Waals surface area contributed by atoms with E-state index in [0.717, 1.165) is 6.08 Å². The van der Waals surface area contributed by atoms with E-state index in [1.54, 1.807) is 24.3 Å². The summed E-state index contributed by atoms with van der Waals surface area (Å²) in [6.07, 6.45) is 1.04. The van der Waals surface area contributed by atoms with Gasteiger partial charge in [-0.1, -0.05) is 18.2 Å². The van der Waals surface area contributed by atoms with Gasteiger partial charge in [0.1, 0.15) is 0 Å². The molecule has 0 bridgehead atoms. The lowest BCUT2D eigenvalue weighted by molar-refractivity contribution is -0.135. The van der Waals surface area contributed by atoms with Gasteiger partial charge in [-0.25, -0.2) is 4.79 Å². The molecule has 14 heavy (non-hydrogen) atoms. The van der Waals surface area contributed by atoms with Gasteiger partial charge in [0.25, 0.3) is 0 Å².